The summed E-state index contributed by atoms with van der Waals surface area (Å²) < 4.78 is 0. The molecule has 4 nitrogen and oxygen atoms in total. The van der Waals surface area contributed by atoms with Crippen LogP contribution in [0.25, 0.3) is 0 Å². The lowest BCUT2D eigenvalue weighted by atomic mass is 10.2. The third-order valence-corrected chi connectivity index (χ3v) is 2.41. The minimum atomic E-state index is -0.213. The normalized spacial score (nSPS) is 13.6. The fourth-order valence-corrected chi connectivity index (χ4v) is 1.41. The molecule has 0 saturated carbocycles. The molecule has 15 heavy (non-hydrogen) atoms. The van der Waals surface area contributed by atoms with Gasteiger partial charge in [0.2, 0.25) is 0 Å². The van der Waals surface area contributed by atoms with Gasteiger partial charge in [0.25, 0.3) is 0 Å². The Balaban J connectivity index is 2.80. The number of hydrogen-bond acceptors (Lipinski definition) is 3. The maximum absolute atomic E-state index is 8.57. The molecule has 0 aliphatic heterocycles. The van der Waals surface area contributed by atoms with Crippen molar-refractivity contribution in [3.05, 3.63) is 29.3 Å². The third-order valence-electron chi connectivity index (χ3n) is 2.08. The number of hydrogen-bond donors (Lipinski definition) is 3. The summed E-state index contributed by atoms with van der Waals surface area (Å²) in [4.78, 5) is 0. The van der Waals surface area contributed by atoms with Crippen LogP contribution in [0.1, 0.15) is 13.3 Å². The van der Waals surface area contributed by atoms with Crippen molar-refractivity contribution in [2.75, 3.05) is 5.32 Å². The van der Waals surface area contributed by atoms with Crippen molar-refractivity contribution < 1.29 is 5.21 Å². The van der Waals surface area contributed by atoms with Gasteiger partial charge in [-0.05, 0) is 18.6 Å². The number of nitrogens with two attached hydrogens (primary N) is 1. The molecule has 1 aromatic rings. The highest BCUT2D eigenvalue weighted by Crippen LogP contribution is 2.21. The summed E-state index contributed by atoms with van der Waals surface area (Å²) in [6.45, 7) is 1.94. The van der Waals surface area contributed by atoms with Gasteiger partial charge in [-0.25, -0.2) is 0 Å². The lowest BCUT2D eigenvalue weighted by Crippen LogP contribution is -2.35. The molecule has 1 atom stereocenters. The minimum Gasteiger partial charge on any atom is -0.409 e. The van der Waals surface area contributed by atoms with Crippen molar-refractivity contribution in [2.24, 2.45) is 10.9 Å². The summed E-state index contributed by atoms with van der Waals surface area (Å²) in [5.74, 6) is 0.150. The Morgan fingerprint density at radius 1 is 1.60 bits per heavy atom. The van der Waals surface area contributed by atoms with Crippen molar-refractivity contribution in [1.82, 2.24) is 0 Å². The minimum absolute atomic E-state index is 0.150. The summed E-state index contributed by atoms with van der Waals surface area (Å²) in [5, 5.41) is 15.3. The van der Waals surface area contributed by atoms with Gasteiger partial charge in [-0.3, -0.25) is 0 Å². The predicted octanol–water partition coefficient (Wildman–Crippen LogP) is 2.28. The molecular weight excluding hydrogens is 214 g/mol. The van der Waals surface area contributed by atoms with Crippen LogP contribution in [0, 0.1) is 0 Å². The van der Waals surface area contributed by atoms with Crippen molar-refractivity contribution in [2.45, 2.75) is 19.4 Å². The van der Waals surface area contributed by atoms with Crippen molar-refractivity contribution in [1.29, 1.82) is 0 Å². The van der Waals surface area contributed by atoms with Gasteiger partial charge in [0.05, 0.1) is 16.8 Å². The maximum atomic E-state index is 8.57. The highest BCUT2D eigenvalue weighted by Gasteiger charge is 2.12. The predicted molar refractivity (Wildman–Crippen MR) is 62.6 cm³/mol. The van der Waals surface area contributed by atoms with Crippen LogP contribution in [0.15, 0.2) is 29.4 Å². The Kier molecular flexibility index (Phi) is 4.24. The molecule has 1 rings (SSSR count). The summed E-state index contributed by atoms with van der Waals surface area (Å²) in [6.07, 6.45) is 0.709. The molecule has 0 aliphatic rings. The average molecular weight is 228 g/mol. The molecule has 1 unspecified atom stereocenters. The Hall–Kier alpha value is -1.42. The number of rotatable bonds is 4. The number of halogens is 1. The first kappa shape index (κ1) is 11.7. The molecule has 0 radical (unpaired) electrons. The molecule has 1 aromatic carbocycles. The maximum Gasteiger partial charge on any atom is 0.161 e. The Labute approximate surface area is 93.7 Å². The van der Waals surface area contributed by atoms with E-state index >= 15 is 0 Å². The van der Waals surface area contributed by atoms with E-state index in [2.05, 4.69) is 10.5 Å². The van der Waals surface area contributed by atoms with E-state index in [-0.39, 0.29) is 11.9 Å². The van der Waals surface area contributed by atoms with E-state index in [1.165, 1.54) is 0 Å². The molecule has 5 heteroatoms. The van der Waals surface area contributed by atoms with Crippen LogP contribution in [0.2, 0.25) is 5.02 Å². The Morgan fingerprint density at radius 3 is 2.80 bits per heavy atom. The van der Waals surface area contributed by atoms with Crippen molar-refractivity contribution in [3.8, 4) is 0 Å². The number of oxime groups is 1. The smallest absolute Gasteiger partial charge is 0.161 e. The number of amidine groups is 1. The molecule has 0 aliphatic carbocycles. The van der Waals surface area contributed by atoms with Gasteiger partial charge in [-0.2, -0.15) is 0 Å². The van der Waals surface area contributed by atoms with Gasteiger partial charge in [-0.15, -0.1) is 0 Å². The van der Waals surface area contributed by atoms with E-state index in [0.29, 0.717) is 11.4 Å². The van der Waals surface area contributed by atoms with Crippen molar-refractivity contribution in [3.63, 3.8) is 0 Å². The zero-order chi connectivity index (χ0) is 11.3. The van der Waals surface area contributed by atoms with Gasteiger partial charge in [0.1, 0.15) is 0 Å². The molecule has 0 aromatic heterocycles. The van der Waals surface area contributed by atoms with Gasteiger partial charge in [0.15, 0.2) is 5.84 Å². The number of para-hydroxylation sites is 1. The zero-order valence-electron chi connectivity index (χ0n) is 8.44. The summed E-state index contributed by atoms with van der Waals surface area (Å²) >= 11 is 5.97. The van der Waals surface area contributed by atoms with Gasteiger partial charge >= 0.3 is 0 Å². The number of nitrogens with one attached hydrogen (secondary N) is 1. The van der Waals surface area contributed by atoms with E-state index in [9.17, 15) is 0 Å². The topological polar surface area (TPSA) is 70.6 Å². The fraction of sp³-hybridized carbons (Fsp3) is 0.300. The van der Waals surface area contributed by atoms with Gasteiger partial charge in [0, 0.05) is 0 Å². The van der Waals surface area contributed by atoms with E-state index in [4.69, 9.17) is 22.5 Å². The second-order valence-corrected chi connectivity index (χ2v) is 3.52. The lowest BCUT2D eigenvalue weighted by molar-refractivity contribution is 0.316. The molecule has 0 heterocycles. The number of anilines is 1. The molecule has 0 saturated heterocycles. The fourth-order valence-electron chi connectivity index (χ4n) is 1.22. The van der Waals surface area contributed by atoms with Crippen LogP contribution < -0.4 is 11.1 Å². The standard InChI is InChI=1S/C10H14ClN3O/c1-2-8(10(12)14-15)13-9-6-4-3-5-7(9)11/h3-6,8,13,15H,2H2,1H3,(H2,12,14). The van der Waals surface area contributed by atoms with Gasteiger partial charge < -0.3 is 16.3 Å². The van der Waals surface area contributed by atoms with E-state index in [0.717, 1.165) is 5.69 Å². The highest BCUT2D eigenvalue weighted by atomic mass is 35.5. The van der Waals surface area contributed by atoms with E-state index < -0.39 is 0 Å². The zero-order valence-corrected chi connectivity index (χ0v) is 9.20. The molecule has 82 valence electrons. The molecule has 0 fully saturated rings. The first-order valence-corrected chi connectivity index (χ1v) is 5.05. The number of benzene rings is 1. The van der Waals surface area contributed by atoms with Crippen LogP contribution in [-0.2, 0) is 0 Å². The summed E-state index contributed by atoms with van der Waals surface area (Å²) in [5.41, 5.74) is 6.30. The average Bonchev–Trinajstić information content (AvgIpc) is 2.27. The van der Waals surface area contributed by atoms with Crippen LogP contribution in [-0.4, -0.2) is 17.1 Å². The second kappa shape index (κ2) is 5.46. The summed E-state index contributed by atoms with van der Waals surface area (Å²) in [6, 6.07) is 7.12. The highest BCUT2D eigenvalue weighted by molar-refractivity contribution is 6.33. The van der Waals surface area contributed by atoms with Crippen LogP contribution >= 0.6 is 11.6 Å². The Bertz CT molecular complexity index is 354. The SMILES string of the molecule is CCC(Nc1ccccc1Cl)C(N)=NO. The monoisotopic (exact) mass is 227 g/mol. The first-order valence-electron chi connectivity index (χ1n) is 4.67. The molecular formula is C10H14ClN3O. The second-order valence-electron chi connectivity index (χ2n) is 3.11. The first-order chi connectivity index (χ1) is 7.19. The molecule has 0 bridgehead atoms. The quantitative estimate of drug-likeness (QED) is 0.320. The van der Waals surface area contributed by atoms with Crippen LogP contribution in [0.5, 0.6) is 0 Å². The van der Waals surface area contributed by atoms with Crippen LogP contribution in [0.4, 0.5) is 5.69 Å². The molecule has 4 N–H and O–H groups in total. The largest absolute Gasteiger partial charge is 0.409 e. The Morgan fingerprint density at radius 2 is 2.27 bits per heavy atom. The third kappa shape index (κ3) is 3.02. The summed E-state index contributed by atoms with van der Waals surface area (Å²) in [7, 11) is 0. The van der Waals surface area contributed by atoms with E-state index in [1.54, 1.807) is 6.07 Å². The molecule has 0 spiro atoms. The van der Waals surface area contributed by atoms with Gasteiger partial charge in [-0.1, -0.05) is 35.8 Å². The lowest BCUT2D eigenvalue weighted by Gasteiger charge is -2.17. The van der Waals surface area contributed by atoms with E-state index in [1.807, 2.05) is 25.1 Å². The van der Waals surface area contributed by atoms with Crippen LogP contribution in [0.3, 0.4) is 0 Å². The number of nitrogens with zero attached hydrogens (tertiary/aromatic N) is 1. The molecule has 0 amide bonds. The van der Waals surface area contributed by atoms with Crippen molar-refractivity contribution >= 4 is 23.1 Å².